The average molecular weight is 523 g/mol. The lowest BCUT2D eigenvalue weighted by Gasteiger charge is -2.16. The Morgan fingerprint density at radius 3 is 1.72 bits per heavy atom. The molecule has 0 aliphatic carbocycles. The molecular weight excluding hydrogens is 496 g/mol. The first-order valence-corrected chi connectivity index (χ1v) is 14.4. The van der Waals surface area contributed by atoms with E-state index in [2.05, 4.69) is 0 Å². The van der Waals surface area contributed by atoms with Gasteiger partial charge >= 0.3 is 11.9 Å². The number of carbonyl (C=O) groups excluding carboxylic acids is 2. The Kier molecular flexibility index (Phi) is 11.0. The van der Waals surface area contributed by atoms with E-state index in [0.29, 0.717) is 11.5 Å². The molecule has 12 heteroatoms. The van der Waals surface area contributed by atoms with Crippen LogP contribution in [0.1, 0.15) is 0 Å². The van der Waals surface area contributed by atoms with Gasteiger partial charge in [-0.25, -0.2) is 0 Å². The van der Waals surface area contributed by atoms with Crippen molar-refractivity contribution < 1.29 is 38.7 Å². The van der Waals surface area contributed by atoms with Crippen LogP contribution in [-0.2, 0) is 19.1 Å². The fourth-order valence-electron chi connectivity index (χ4n) is 2.62. The van der Waals surface area contributed by atoms with E-state index in [1.54, 1.807) is 71.3 Å². The van der Waals surface area contributed by atoms with Crippen molar-refractivity contribution in [1.29, 1.82) is 0 Å². The van der Waals surface area contributed by atoms with Gasteiger partial charge in [-0.1, -0.05) is 6.07 Å². The molecule has 2 heterocycles. The molecule has 0 bridgehead atoms. The van der Waals surface area contributed by atoms with Crippen LogP contribution >= 0.6 is 47.0 Å². The van der Waals surface area contributed by atoms with Crippen LogP contribution in [0.15, 0.2) is 24.3 Å². The minimum absolute atomic E-state index is 0.0423. The van der Waals surface area contributed by atoms with Gasteiger partial charge in [-0.3, -0.25) is 9.59 Å². The van der Waals surface area contributed by atoms with Crippen molar-refractivity contribution in [3.63, 3.8) is 0 Å². The number of carbonyl (C=O) groups is 2. The number of aliphatic hydroxyl groups excluding tert-OH is 2. The van der Waals surface area contributed by atoms with E-state index in [0.717, 1.165) is 21.7 Å². The van der Waals surface area contributed by atoms with Crippen LogP contribution < -0.4 is 9.47 Å². The van der Waals surface area contributed by atoms with E-state index in [1.165, 1.54) is 0 Å². The largest absolute Gasteiger partial charge is 0.491 e. The standard InChI is InChI=1S/C20H26O8S4/c21-13(7-27-19(23)17-9-29-11-31-17)5-25-15-2-1-3-16(4-15)26-6-14(22)8-28-20(24)18-10-30-12-32-18/h1-4,13-14,17-18,21-22H,5-12H2. The lowest BCUT2D eigenvalue weighted by atomic mass is 10.3. The van der Waals surface area contributed by atoms with Gasteiger partial charge in [-0.15, -0.1) is 47.0 Å². The number of aliphatic hydroxyl groups is 2. The SMILES string of the molecule is O=C(OCC(O)COc1cccc(OCC(O)COC(=O)C2CSCS2)c1)C1CSCS1. The number of rotatable bonds is 12. The van der Waals surface area contributed by atoms with Crippen molar-refractivity contribution in [2.24, 2.45) is 0 Å². The maximum Gasteiger partial charge on any atom is 0.320 e. The highest BCUT2D eigenvalue weighted by molar-refractivity contribution is 8.20. The van der Waals surface area contributed by atoms with Crippen molar-refractivity contribution in [2.75, 3.05) is 48.1 Å². The van der Waals surface area contributed by atoms with Gasteiger partial charge in [-0.05, 0) is 12.1 Å². The summed E-state index contributed by atoms with van der Waals surface area (Å²) in [5.41, 5.74) is 0. The molecule has 178 valence electrons. The lowest BCUT2D eigenvalue weighted by molar-refractivity contribution is -0.146. The molecule has 0 amide bonds. The maximum absolute atomic E-state index is 11.9. The molecule has 2 N–H and O–H groups in total. The van der Waals surface area contributed by atoms with Crippen molar-refractivity contribution in [1.82, 2.24) is 0 Å². The molecule has 1 aromatic rings. The van der Waals surface area contributed by atoms with Crippen LogP contribution in [0.5, 0.6) is 11.5 Å². The zero-order chi connectivity index (χ0) is 22.8. The fourth-order valence-corrected chi connectivity index (χ4v) is 7.93. The van der Waals surface area contributed by atoms with Crippen molar-refractivity contribution >= 4 is 59.0 Å². The highest BCUT2D eigenvalue weighted by Crippen LogP contribution is 2.30. The smallest absolute Gasteiger partial charge is 0.320 e. The van der Waals surface area contributed by atoms with Crippen molar-refractivity contribution in [3.8, 4) is 11.5 Å². The zero-order valence-electron chi connectivity index (χ0n) is 17.3. The molecule has 0 saturated carbocycles. The Labute approximate surface area is 203 Å². The molecule has 1 aromatic carbocycles. The van der Waals surface area contributed by atoms with Crippen LogP contribution in [0.3, 0.4) is 0 Å². The van der Waals surface area contributed by atoms with Crippen LogP contribution in [-0.4, -0.2) is 93.0 Å². The summed E-state index contributed by atoms with van der Waals surface area (Å²) in [5, 5.41) is 21.4. The van der Waals surface area contributed by atoms with Crippen LogP contribution in [0, 0.1) is 0 Å². The predicted molar refractivity (Wildman–Crippen MR) is 129 cm³/mol. The van der Waals surface area contributed by atoms with Crippen LogP contribution in [0.25, 0.3) is 0 Å². The molecule has 0 aromatic heterocycles. The lowest BCUT2D eigenvalue weighted by Crippen LogP contribution is -2.29. The molecule has 0 spiro atoms. The Balaban J connectivity index is 1.32. The molecule has 2 aliphatic rings. The highest BCUT2D eigenvalue weighted by Gasteiger charge is 2.27. The number of ether oxygens (including phenoxy) is 4. The fraction of sp³-hybridized carbons (Fsp3) is 0.600. The van der Waals surface area contributed by atoms with Gasteiger partial charge in [0.2, 0.25) is 0 Å². The molecule has 4 atom stereocenters. The van der Waals surface area contributed by atoms with Gasteiger partial charge in [0.05, 0.1) is 0 Å². The minimum atomic E-state index is -0.949. The Hall–Kier alpha value is -0.920. The van der Waals surface area contributed by atoms with Gasteiger partial charge in [0.15, 0.2) is 0 Å². The van der Waals surface area contributed by atoms with Gasteiger partial charge in [0, 0.05) is 27.7 Å². The third-order valence-corrected chi connectivity index (χ3v) is 9.80. The summed E-state index contributed by atoms with van der Waals surface area (Å²) in [4.78, 5) is 23.7. The second-order valence-corrected chi connectivity index (χ2v) is 12.1. The first kappa shape index (κ1) is 25.7. The third kappa shape index (κ3) is 8.79. The Morgan fingerprint density at radius 1 is 0.844 bits per heavy atom. The molecule has 2 aliphatic heterocycles. The summed E-state index contributed by atoms with van der Waals surface area (Å²) in [5.74, 6) is 1.79. The van der Waals surface area contributed by atoms with Crippen molar-refractivity contribution in [3.05, 3.63) is 24.3 Å². The molecule has 4 unspecified atom stereocenters. The van der Waals surface area contributed by atoms with Gasteiger partial charge in [-0.2, -0.15) is 0 Å². The van der Waals surface area contributed by atoms with E-state index < -0.39 is 12.2 Å². The third-order valence-electron chi connectivity index (χ3n) is 4.30. The number of esters is 2. The van der Waals surface area contributed by atoms with E-state index in [9.17, 15) is 19.8 Å². The van der Waals surface area contributed by atoms with Crippen LogP contribution in [0.2, 0.25) is 0 Å². The monoisotopic (exact) mass is 522 g/mol. The Morgan fingerprint density at radius 2 is 1.31 bits per heavy atom. The summed E-state index contributed by atoms with van der Waals surface area (Å²) in [6, 6.07) is 6.74. The molecule has 8 nitrogen and oxygen atoms in total. The molecule has 3 rings (SSSR count). The molecule has 2 saturated heterocycles. The Bertz CT molecular complexity index is 683. The number of benzene rings is 1. The first-order chi connectivity index (χ1) is 15.5. The predicted octanol–water partition coefficient (Wildman–Crippen LogP) is 1.86. The number of hydrogen-bond acceptors (Lipinski definition) is 12. The summed E-state index contributed by atoms with van der Waals surface area (Å²) in [7, 11) is 0. The van der Waals surface area contributed by atoms with Crippen molar-refractivity contribution in [2.45, 2.75) is 22.7 Å². The second kappa shape index (κ2) is 13.7. The van der Waals surface area contributed by atoms with Gasteiger partial charge in [0.1, 0.15) is 60.6 Å². The average Bonchev–Trinajstić information content (AvgIpc) is 3.53. The van der Waals surface area contributed by atoms with E-state index >= 15 is 0 Å². The van der Waals surface area contributed by atoms with E-state index in [4.69, 9.17) is 18.9 Å². The van der Waals surface area contributed by atoms with Gasteiger partial charge < -0.3 is 29.2 Å². The minimum Gasteiger partial charge on any atom is -0.491 e. The summed E-state index contributed by atoms with van der Waals surface area (Å²) in [6.07, 6.45) is -1.90. The van der Waals surface area contributed by atoms with Gasteiger partial charge in [0.25, 0.3) is 0 Å². The van der Waals surface area contributed by atoms with E-state index in [-0.39, 0.29) is 48.9 Å². The normalized spacial score (nSPS) is 22.2. The molecule has 2 fully saturated rings. The zero-order valence-corrected chi connectivity index (χ0v) is 20.5. The first-order valence-electron chi connectivity index (χ1n) is 9.95. The summed E-state index contributed by atoms with van der Waals surface area (Å²) in [6.45, 7) is -0.335. The molecule has 0 radical (unpaired) electrons. The van der Waals surface area contributed by atoms with Crippen LogP contribution in [0.4, 0.5) is 0 Å². The summed E-state index contributed by atoms with van der Waals surface area (Å²) >= 11 is 6.48. The maximum atomic E-state index is 11.9. The molecular formula is C20H26O8S4. The quantitative estimate of drug-likeness (QED) is 0.391. The second-order valence-electron chi connectivity index (χ2n) is 6.95. The number of hydrogen-bond donors (Lipinski definition) is 2. The molecule has 32 heavy (non-hydrogen) atoms. The summed E-state index contributed by atoms with van der Waals surface area (Å²) < 4.78 is 21.4. The topological polar surface area (TPSA) is 112 Å². The number of thioether (sulfide) groups is 4. The van der Waals surface area contributed by atoms with E-state index in [1.807, 2.05) is 0 Å². The highest BCUT2D eigenvalue weighted by atomic mass is 32.2.